The molecule has 5 nitrogen and oxygen atoms in total. The maximum Gasteiger partial charge on any atom is 0.252 e. The molecule has 0 heterocycles. The van der Waals surface area contributed by atoms with E-state index in [0.717, 1.165) is 15.6 Å². The Morgan fingerprint density at radius 2 is 1.86 bits per heavy atom. The van der Waals surface area contributed by atoms with Crippen molar-refractivity contribution in [2.75, 3.05) is 14.2 Å². The van der Waals surface area contributed by atoms with E-state index < -0.39 is 6.04 Å². The number of ether oxygens (including phenoxy) is 1. The van der Waals surface area contributed by atoms with Crippen LogP contribution in [-0.4, -0.2) is 36.9 Å². The van der Waals surface area contributed by atoms with Crippen molar-refractivity contribution in [3.8, 4) is 5.75 Å². The van der Waals surface area contributed by atoms with Gasteiger partial charge in [-0.25, -0.2) is 0 Å². The van der Waals surface area contributed by atoms with Crippen molar-refractivity contribution in [1.82, 2.24) is 10.2 Å². The van der Waals surface area contributed by atoms with Gasteiger partial charge in [-0.15, -0.1) is 0 Å². The van der Waals surface area contributed by atoms with Gasteiger partial charge in [-0.1, -0.05) is 48.0 Å². The van der Waals surface area contributed by atoms with E-state index in [1.165, 1.54) is 0 Å². The van der Waals surface area contributed by atoms with Crippen molar-refractivity contribution in [2.24, 2.45) is 5.92 Å². The molecule has 1 atom stereocenters. The number of aryl methyl sites for hydroxylation is 1. The summed E-state index contributed by atoms with van der Waals surface area (Å²) < 4.78 is 6.31. The second kappa shape index (κ2) is 9.73. The third-order valence-corrected chi connectivity index (χ3v) is 5.13. The summed E-state index contributed by atoms with van der Waals surface area (Å²) in [4.78, 5) is 27.4. The summed E-state index contributed by atoms with van der Waals surface area (Å²) in [5.74, 6) is 0.290. The zero-order valence-electron chi connectivity index (χ0n) is 17.0. The number of carbonyl (C=O) groups excluding carboxylic acids is 2. The first-order valence-electron chi connectivity index (χ1n) is 9.18. The Labute approximate surface area is 175 Å². The number of carbonyl (C=O) groups is 2. The van der Waals surface area contributed by atoms with Gasteiger partial charge in [0.1, 0.15) is 11.8 Å². The molecule has 0 aliphatic heterocycles. The number of hydrogen-bond donors (Lipinski definition) is 1. The molecule has 2 amide bonds. The molecule has 2 rings (SSSR count). The van der Waals surface area contributed by atoms with E-state index in [0.29, 0.717) is 17.9 Å². The quantitative estimate of drug-likeness (QED) is 0.693. The third-order valence-electron chi connectivity index (χ3n) is 4.64. The first-order chi connectivity index (χ1) is 13.2. The lowest BCUT2D eigenvalue weighted by Crippen LogP contribution is -2.50. The Bertz CT molecular complexity index is 851. The topological polar surface area (TPSA) is 58.6 Å². The van der Waals surface area contributed by atoms with Crippen LogP contribution < -0.4 is 10.1 Å². The maximum absolute atomic E-state index is 13.1. The van der Waals surface area contributed by atoms with Gasteiger partial charge >= 0.3 is 0 Å². The number of amides is 2. The van der Waals surface area contributed by atoms with E-state index in [-0.39, 0.29) is 17.7 Å². The molecule has 0 saturated carbocycles. The fraction of sp³-hybridized carbons (Fsp3) is 0.364. The molecule has 0 fully saturated rings. The maximum atomic E-state index is 13.1. The molecule has 0 unspecified atom stereocenters. The number of rotatable bonds is 7. The van der Waals surface area contributed by atoms with Crippen LogP contribution in [0.5, 0.6) is 5.75 Å². The molecular formula is C22H27BrN2O3. The number of nitrogens with zero attached hydrogens (tertiary/aromatic N) is 1. The molecule has 150 valence electrons. The van der Waals surface area contributed by atoms with Crippen LogP contribution in [0.4, 0.5) is 0 Å². The third kappa shape index (κ3) is 5.35. The van der Waals surface area contributed by atoms with E-state index >= 15 is 0 Å². The van der Waals surface area contributed by atoms with E-state index in [2.05, 4.69) is 21.2 Å². The molecule has 0 spiro atoms. The highest BCUT2D eigenvalue weighted by Gasteiger charge is 2.28. The molecule has 2 aromatic rings. The van der Waals surface area contributed by atoms with Crippen LogP contribution in [0.1, 0.15) is 35.3 Å². The largest absolute Gasteiger partial charge is 0.496 e. The summed E-state index contributed by atoms with van der Waals surface area (Å²) in [5.41, 5.74) is 2.35. The van der Waals surface area contributed by atoms with E-state index in [1.54, 1.807) is 25.1 Å². The molecular weight excluding hydrogens is 420 g/mol. The number of methoxy groups -OCH3 is 1. The van der Waals surface area contributed by atoms with Crippen molar-refractivity contribution in [3.63, 3.8) is 0 Å². The van der Waals surface area contributed by atoms with Crippen LogP contribution in [-0.2, 0) is 11.3 Å². The fourth-order valence-electron chi connectivity index (χ4n) is 3.00. The van der Waals surface area contributed by atoms with Crippen LogP contribution in [0.15, 0.2) is 46.9 Å². The molecule has 6 heteroatoms. The molecule has 28 heavy (non-hydrogen) atoms. The standard InChI is InChI=1S/C22H27BrN2O3/c1-14(2)20(24-21(26)18-9-7-6-8-15(18)3)22(27)25(4)13-16-12-17(23)10-11-19(16)28-5/h6-12,14,20H,13H2,1-5H3,(H,24,26)/t20-/m0/s1. The van der Waals surface area contributed by atoms with Gasteiger partial charge in [0, 0.05) is 29.2 Å². The second-order valence-electron chi connectivity index (χ2n) is 7.16. The van der Waals surface area contributed by atoms with Crippen molar-refractivity contribution in [2.45, 2.75) is 33.4 Å². The Morgan fingerprint density at radius 3 is 2.46 bits per heavy atom. The first-order valence-corrected chi connectivity index (χ1v) is 9.97. The Balaban J connectivity index is 2.17. The van der Waals surface area contributed by atoms with Gasteiger partial charge in [0.25, 0.3) is 5.91 Å². The lowest BCUT2D eigenvalue weighted by molar-refractivity contribution is -0.133. The van der Waals surface area contributed by atoms with Crippen LogP contribution in [0, 0.1) is 12.8 Å². The summed E-state index contributed by atoms with van der Waals surface area (Å²) in [6, 6.07) is 12.4. The van der Waals surface area contributed by atoms with Gasteiger partial charge < -0.3 is 15.0 Å². The highest BCUT2D eigenvalue weighted by Crippen LogP contribution is 2.24. The van der Waals surface area contributed by atoms with Crippen molar-refractivity contribution in [1.29, 1.82) is 0 Å². The minimum Gasteiger partial charge on any atom is -0.496 e. The van der Waals surface area contributed by atoms with Gasteiger partial charge in [-0.3, -0.25) is 9.59 Å². The highest BCUT2D eigenvalue weighted by molar-refractivity contribution is 9.10. The normalized spacial score (nSPS) is 11.8. The van der Waals surface area contributed by atoms with E-state index in [9.17, 15) is 9.59 Å². The summed E-state index contributed by atoms with van der Waals surface area (Å²) in [6.07, 6.45) is 0. The lowest BCUT2D eigenvalue weighted by atomic mass is 10.0. The summed E-state index contributed by atoms with van der Waals surface area (Å²) in [6.45, 7) is 6.11. The second-order valence-corrected chi connectivity index (χ2v) is 8.08. The molecule has 0 aliphatic carbocycles. The molecule has 0 saturated heterocycles. The average Bonchev–Trinajstić information content (AvgIpc) is 2.65. The van der Waals surface area contributed by atoms with Gasteiger partial charge in [-0.2, -0.15) is 0 Å². The minimum atomic E-state index is -0.616. The molecule has 0 bridgehead atoms. The first kappa shape index (κ1) is 22.0. The zero-order valence-corrected chi connectivity index (χ0v) is 18.5. The van der Waals surface area contributed by atoms with Gasteiger partial charge in [0.2, 0.25) is 5.91 Å². The van der Waals surface area contributed by atoms with Crippen molar-refractivity contribution in [3.05, 3.63) is 63.6 Å². The van der Waals surface area contributed by atoms with Gasteiger partial charge in [0.15, 0.2) is 0 Å². The summed E-state index contributed by atoms with van der Waals surface area (Å²) >= 11 is 3.45. The van der Waals surface area contributed by atoms with Gasteiger partial charge in [0.05, 0.1) is 7.11 Å². The highest BCUT2D eigenvalue weighted by atomic mass is 79.9. The summed E-state index contributed by atoms with van der Waals surface area (Å²) in [5, 5.41) is 2.91. The molecule has 0 aliphatic rings. The SMILES string of the molecule is COc1ccc(Br)cc1CN(C)C(=O)[C@@H](NC(=O)c1ccccc1C)C(C)C. The van der Waals surface area contributed by atoms with E-state index in [1.807, 2.05) is 57.2 Å². The lowest BCUT2D eigenvalue weighted by Gasteiger charge is -2.28. The van der Waals surface area contributed by atoms with Gasteiger partial charge in [-0.05, 0) is 42.7 Å². The number of nitrogens with one attached hydrogen (secondary N) is 1. The monoisotopic (exact) mass is 446 g/mol. The van der Waals surface area contributed by atoms with Crippen LogP contribution in [0.2, 0.25) is 0 Å². The van der Waals surface area contributed by atoms with Crippen LogP contribution in [0.3, 0.4) is 0 Å². The Hall–Kier alpha value is -2.34. The molecule has 0 radical (unpaired) electrons. The molecule has 1 N–H and O–H groups in total. The number of halogens is 1. The van der Waals surface area contributed by atoms with Crippen LogP contribution in [0.25, 0.3) is 0 Å². The Kier molecular flexibility index (Phi) is 7.63. The predicted octanol–water partition coefficient (Wildman–Crippen LogP) is 4.18. The summed E-state index contributed by atoms with van der Waals surface area (Å²) in [7, 11) is 3.34. The Morgan fingerprint density at radius 1 is 1.18 bits per heavy atom. The van der Waals surface area contributed by atoms with Crippen molar-refractivity contribution >= 4 is 27.7 Å². The zero-order chi connectivity index (χ0) is 20.8. The molecule has 0 aromatic heterocycles. The number of benzene rings is 2. The fourth-order valence-corrected chi connectivity index (χ4v) is 3.41. The minimum absolute atomic E-state index is 0.0488. The smallest absolute Gasteiger partial charge is 0.252 e. The van der Waals surface area contributed by atoms with E-state index in [4.69, 9.17) is 4.74 Å². The number of likely N-dealkylation sites (N-methyl/N-ethyl adjacent to an activating group) is 1. The van der Waals surface area contributed by atoms with Crippen LogP contribution >= 0.6 is 15.9 Å². The van der Waals surface area contributed by atoms with Crippen molar-refractivity contribution < 1.29 is 14.3 Å². The predicted molar refractivity (Wildman–Crippen MR) is 114 cm³/mol. The number of hydrogen-bond acceptors (Lipinski definition) is 3. The molecule has 2 aromatic carbocycles. The average molecular weight is 447 g/mol.